The lowest BCUT2D eigenvalue weighted by Crippen LogP contribution is -2.40. The molecule has 3 heterocycles. The monoisotopic (exact) mass is 440 g/mol. The van der Waals surface area contributed by atoms with E-state index in [1.54, 1.807) is 10.9 Å². The smallest absolute Gasteiger partial charge is 0.272 e. The average molecular weight is 441 g/mol. The lowest BCUT2D eigenvalue weighted by molar-refractivity contribution is 0.0686. The average Bonchev–Trinajstić information content (AvgIpc) is 3.35. The van der Waals surface area contributed by atoms with E-state index in [1.165, 1.54) is 0 Å². The Kier molecular flexibility index (Phi) is 6.46. The minimum atomic E-state index is 0.0302. The van der Waals surface area contributed by atoms with Gasteiger partial charge in [-0.25, -0.2) is 4.98 Å². The van der Waals surface area contributed by atoms with Gasteiger partial charge in [-0.05, 0) is 48.9 Å². The molecule has 0 aliphatic carbocycles. The molecule has 1 fully saturated rings. The van der Waals surface area contributed by atoms with Crippen molar-refractivity contribution in [2.45, 2.75) is 45.4 Å². The molecule has 6 nitrogen and oxygen atoms in total. The molecular formula is C24H29ClN4O2. The van der Waals surface area contributed by atoms with Gasteiger partial charge in [-0.15, -0.1) is 0 Å². The first-order chi connectivity index (χ1) is 14.9. The van der Waals surface area contributed by atoms with Gasteiger partial charge in [0.25, 0.3) is 5.91 Å². The number of hydrogen-bond donors (Lipinski definition) is 0. The van der Waals surface area contributed by atoms with Crippen molar-refractivity contribution >= 4 is 17.5 Å². The molecule has 2 aromatic heterocycles. The number of nitrogens with zero attached hydrogens (tertiary/aromatic N) is 4. The number of amides is 1. The Hall–Kier alpha value is -2.60. The van der Waals surface area contributed by atoms with Gasteiger partial charge in [0.2, 0.25) is 0 Å². The minimum absolute atomic E-state index is 0.0302. The number of rotatable bonds is 6. The number of hydrogen-bond acceptors (Lipinski definition) is 4. The molecule has 0 radical (unpaired) electrons. The molecule has 0 unspecified atom stereocenters. The lowest BCUT2D eigenvalue weighted by atomic mass is 9.97. The van der Waals surface area contributed by atoms with E-state index < -0.39 is 0 Å². The van der Waals surface area contributed by atoms with Crippen LogP contribution in [-0.2, 0) is 19.9 Å². The molecular weight excluding hydrogens is 412 g/mol. The summed E-state index contributed by atoms with van der Waals surface area (Å²) in [6.07, 6.45) is 5.24. The Bertz CT molecular complexity index is 1040. The summed E-state index contributed by atoms with van der Waals surface area (Å²) in [7, 11) is 1.84. The van der Waals surface area contributed by atoms with Crippen LogP contribution in [0.1, 0.15) is 66.0 Å². The molecule has 1 atom stereocenters. The van der Waals surface area contributed by atoms with Crippen molar-refractivity contribution in [1.29, 1.82) is 0 Å². The standard InChI is InChI=1S/C24H29ClN4O2/c1-16(2)11-20-13-22(28(3)27-20)24(30)29-10-4-5-18(15-29)23-26-14-21(31-23)12-17-6-8-19(25)9-7-17/h6-9,13-14,16,18H,4-5,10-12,15H2,1-3H3/t18-/m1/s1. The number of halogens is 1. The Morgan fingerprint density at radius 3 is 2.81 bits per heavy atom. The van der Waals surface area contributed by atoms with Crippen LogP contribution in [0.2, 0.25) is 5.02 Å². The van der Waals surface area contributed by atoms with Gasteiger partial charge in [-0.2, -0.15) is 5.10 Å². The van der Waals surface area contributed by atoms with Gasteiger partial charge in [0.15, 0.2) is 5.89 Å². The number of likely N-dealkylation sites (tertiary alicyclic amines) is 1. The van der Waals surface area contributed by atoms with Crippen LogP contribution < -0.4 is 0 Å². The SMILES string of the molecule is CC(C)Cc1cc(C(=O)N2CCC[C@@H](c3ncc(Cc4ccc(Cl)cc4)o3)C2)n(C)n1. The fraction of sp³-hybridized carbons (Fsp3) is 0.458. The number of piperidine rings is 1. The Labute approximate surface area is 188 Å². The summed E-state index contributed by atoms with van der Waals surface area (Å²) in [6, 6.07) is 9.68. The van der Waals surface area contributed by atoms with Gasteiger partial charge in [0, 0.05) is 31.6 Å². The lowest BCUT2D eigenvalue weighted by Gasteiger charge is -2.31. The summed E-state index contributed by atoms with van der Waals surface area (Å²) in [5, 5.41) is 5.24. The van der Waals surface area contributed by atoms with Crippen molar-refractivity contribution in [2.24, 2.45) is 13.0 Å². The number of oxazole rings is 1. The third-order valence-electron chi connectivity index (χ3n) is 5.69. The molecule has 1 aromatic carbocycles. The van der Waals surface area contributed by atoms with Gasteiger partial charge in [-0.3, -0.25) is 9.48 Å². The van der Waals surface area contributed by atoms with Crippen molar-refractivity contribution in [3.8, 4) is 0 Å². The van der Waals surface area contributed by atoms with Crippen molar-refractivity contribution in [2.75, 3.05) is 13.1 Å². The second kappa shape index (κ2) is 9.27. The highest BCUT2D eigenvalue weighted by molar-refractivity contribution is 6.30. The van der Waals surface area contributed by atoms with Crippen molar-refractivity contribution < 1.29 is 9.21 Å². The molecule has 0 spiro atoms. The molecule has 4 rings (SSSR count). The maximum absolute atomic E-state index is 13.2. The molecule has 3 aromatic rings. The third kappa shape index (κ3) is 5.18. The highest BCUT2D eigenvalue weighted by Crippen LogP contribution is 2.28. The molecule has 1 aliphatic heterocycles. The van der Waals surface area contributed by atoms with E-state index in [0.717, 1.165) is 47.8 Å². The highest BCUT2D eigenvalue weighted by atomic mass is 35.5. The summed E-state index contributed by atoms with van der Waals surface area (Å²) < 4.78 is 7.77. The number of carbonyl (C=O) groups excluding carboxylic acids is 1. The van der Waals surface area contributed by atoms with Crippen molar-refractivity contribution in [3.63, 3.8) is 0 Å². The van der Waals surface area contributed by atoms with E-state index in [4.69, 9.17) is 16.0 Å². The maximum Gasteiger partial charge on any atom is 0.272 e. The van der Waals surface area contributed by atoms with Gasteiger partial charge < -0.3 is 9.32 Å². The number of aromatic nitrogens is 3. The van der Waals surface area contributed by atoms with Gasteiger partial charge >= 0.3 is 0 Å². The second-order valence-corrected chi connectivity index (χ2v) is 9.24. The van der Waals surface area contributed by atoms with E-state index in [0.29, 0.717) is 30.5 Å². The van der Waals surface area contributed by atoms with Crippen molar-refractivity contribution in [1.82, 2.24) is 19.7 Å². The number of aryl methyl sites for hydroxylation is 1. The molecule has 7 heteroatoms. The molecule has 0 saturated carbocycles. The molecule has 0 N–H and O–H groups in total. The fourth-order valence-electron chi connectivity index (χ4n) is 4.17. The third-order valence-corrected chi connectivity index (χ3v) is 5.94. The Morgan fingerprint density at radius 2 is 2.06 bits per heavy atom. The van der Waals surface area contributed by atoms with Crippen LogP contribution in [0.25, 0.3) is 0 Å². The fourth-order valence-corrected chi connectivity index (χ4v) is 4.29. The van der Waals surface area contributed by atoms with E-state index >= 15 is 0 Å². The second-order valence-electron chi connectivity index (χ2n) is 8.80. The zero-order valence-electron chi connectivity index (χ0n) is 18.3. The van der Waals surface area contributed by atoms with E-state index in [1.807, 2.05) is 42.3 Å². The first-order valence-corrected chi connectivity index (χ1v) is 11.3. The number of benzene rings is 1. The van der Waals surface area contributed by atoms with Crippen LogP contribution in [0.3, 0.4) is 0 Å². The zero-order valence-corrected chi connectivity index (χ0v) is 19.1. The normalized spacial score (nSPS) is 16.8. The van der Waals surface area contributed by atoms with Gasteiger partial charge in [-0.1, -0.05) is 37.6 Å². The molecule has 164 valence electrons. The summed E-state index contributed by atoms with van der Waals surface area (Å²) in [4.78, 5) is 19.6. The summed E-state index contributed by atoms with van der Waals surface area (Å²) in [5.41, 5.74) is 2.74. The molecule has 0 bridgehead atoms. The van der Waals surface area contributed by atoms with Crippen LogP contribution in [0.15, 0.2) is 40.9 Å². The quantitative estimate of drug-likeness (QED) is 0.548. The summed E-state index contributed by atoms with van der Waals surface area (Å²) in [5.74, 6) is 2.18. The van der Waals surface area contributed by atoms with E-state index in [2.05, 4.69) is 23.9 Å². The van der Waals surface area contributed by atoms with Crippen molar-refractivity contribution in [3.05, 3.63) is 70.2 Å². The predicted molar refractivity (Wildman–Crippen MR) is 120 cm³/mol. The summed E-state index contributed by atoms with van der Waals surface area (Å²) in [6.45, 7) is 5.68. The summed E-state index contributed by atoms with van der Waals surface area (Å²) >= 11 is 5.96. The van der Waals surface area contributed by atoms with Gasteiger partial charge in [0.05, 0.1) is 17.8 Å². The molecule has 31 heavy (non-hydrogen) atoms. The zero-order chi connectivity index (χ0) is 22.0. The predicted octanol–water partition coefficient (Wildman–Crippen LogP) is 4.87. The van der Waals surface area contributed by atoms with E-state index in [9.17, 15) is 4.79 Å². The van der Waals surface area contributed by atoms with Crippen LogP contribution in [-0.4, -0.2) is 38.7 Å². The highest BCUT2D eigenvalue weighted by Gasteiger charge is 2.30. The van der Waals surface area contributed by atoms with Crippen LogP contribution in [0, 0.1) is 5.92 Å². The van der Waals surface area contributed by atoms with Gasteiger partial charge in [0.1, 0.15) is 11.5 Å². The minimum Gasteiger partial charge on any atom is -0.445 e. The first kappa shape index (κ1) is 21.6. The Balaban J connectivity index is 1.43. The first-order valence-electron chi connectivity index (χ1n) is 10.9. The Morgan fingerprint density at radius 1 is 1.29 bits per heavy atom. The maximum atomic E-state index is 13.2. The van der Waals surface area contributed by atoms with E-state index in [-0.39, 0.29) is 11.8 Å². The van der Waals surface area contributed by atoms with Crippen LogP contribution in [0.4, 0.5) is 0 Å². The molecule has 1 aliphatic rings. The topological polar surface area (TPSA) is 64.2 Å². The number of carbonyl (C=O) groups is 1. The van der Waals surface area contributed by atoms with Crippen LogP contribution >= 0.6 is 11.6 Å². The molecule has 1 saturated heterocycles. The molecule has 1 amide bonds. The largest absolute Gasteiger partial charge is 0.445 e. The van der Waals surface area contributed by atoms with Crippen LogP contribution in [0.5, 0.6) is 0 Å².